The zero-order valence-electron chi connectivity index (χ0n) is 19.8. The molecule has 8 nitrogen and oxygen atoms in total. The lowest BCUT2D eigenvalue weighted by Crippen LogP contribution is -2.57. The molecule has 3 amide bonds. The van der Waals surface area contributed by atoms with Crippen LogP contribution in [0.5, 0.6) is 5.75 Å². The molecule has 0 spiro atoms. The molecule has 1 fully saturated rings. The SMILES string of the molecule is COc1ccc(C(=O)NC(C(=O)N2CCCC2C(=O)NC(C(C)=O)C(C)C)C(C)C)cc1. The minimum Gasteiger partial charge on any atom is -0.497 e. The fraction of sp³-hybridized carbons (Fsp3) is 0.583. The highest BCUT2D eigenvalue weighted by Gasteiger charge is 2.39. The number of hydrogen-bond acceptors (Lipinski definition) is 5. The van der Waals surface area contributed by atoms with Gasteiger partial charge in [0.1, 0.15) is 17.8 Å². The van der Waals surface area contributed by atoms with E-state index >= 15 is 0 Å². The van der Waals surface area contributed by atoms with E-state index in [-0.39, 0.29) is 35.3 Å². The number of hydrogen-bond donors (Lipinski definition) is 2. The molecule has 1 heterocycles. The van der Waals surface area contributed by atoms with Crippen molar-refractivity contribution in [3.8, 4) is 5.75 Å². The molecule has 176 valence electrons. The normalized spacial score (nSPS) is 17.8. The van der Waals surface area contributed by atoms with Crippen LogP contribution in [0.25, 0.3) is 0 Å². The maximum absolute atomic E-state index is 13.4. The van der Waals surface area contributed by atoms with Crippen LogP contribution in [0.3, 0.4) is 0 Å². The number of carbonyl (C=O) groups excluding carboxylic acids is 4. The second-order valence-electron chi connectivity index (χ2n) is 8.95. The number of likely N-dealkylation sites (tertiary alicyclic amines) is 1. The average Bonchev–Trinajstić information content (AvgIpc) is 3.24. The standard InChI is InChI=1S/C24H35N3O5/c1-14(2)20(16(5)28)25-23(30)19-8-7-13-27(19)24(31)21(15(3)4)26-22(29)17-9-11-18(32-6)12-10-17/h9-12,14-15,19-21H,7-8,13H2,1-6H3,(H,25,30)(H,26,29). The lowest BCUT2D eigenvalue weighted by atomic mass is 9.99. The first-order valence-corrected chi connectivity index (χ1v) is 11.1. The van der Waals surface area contributed by atoms with Gasteiger partial charge in [0, 0.05) is 12.1 Å². The van der Waals surface area contributed by atoms with Gasteiger partial charge < -0.3 is 20.3 Å². The van der Waals surface area contributed by atoms with Crippen molar-refractivity contribution >= 4 is 23.5 Å². The van der Waals surface area contributed by atoms with Gasteiger partial charge in [-0.3, -0.25) is 19.2 Å². The number of Topliss-reactive ketones (excluding diaryl/α,β-unsaturated/α-hetero) is 1. The Morgan fingerprint density at radius 3 is 2.06 bits per heavy atom. The number of rotatable bonds is 9. The van der Waals surface area contributed by atoms with Crippen LogP contribution in [-0.2, 0) is 14.4 Å². The van der Waals surface area contributed by atoms with Crippen molar-refractivity contribution in [1.29, 1.82) is 0 Å². The van der Waals surface area contributed by atoms with Crippen LogP contribution >= 0.6 is 0 Å². The lowest BCUT2D eigenvalue weighted by Gasteiger charge is -2.31. The Kier molecular flexibility index (Phi) is 8.80. The number of ether oxygens (including phenoxy) is 1. The molecule has 3 atom stereocenters. The third-order valence-electron chi connectivity index (χ3n) is 5.81. The molecule has 1 saturated heterocycles. The summed E-state index contributed by atoms with van der Waals surface area (Å²) in [4.78, 5) is 52.5. The van der Waals surface area contributed by atoms with Gasteiger partial charge in [0.2, 0.25) is 11.8 Å². The molecule has 0 bridgehead atoms. The highest BCUT2D eigenvalue weighted by molar-refractivity contribution is 5.99. The predicted molar refractivity (Wildman–Crippen MR) is 121 cm³/mol. The van der Waals surface area contributed by atoms with E-state index in [1.807, 2.05) is 27.7 Å². The highest BCUT2D eigenvalue weighted by Crippen LogP contribution is 2.21. The smallest absolute Gasteiger partial charge is 0.251 e. The first kappa shape index (κ1) is 25.4. The number of amides is 3. The van der Waals surface area contributed by atoms with Crippen LogP contribution in [0, 0.1) is 11.8 Å². The summed E-state index contributed by atoms with van der Waals surface area (Å²) in [5, 5.41) is 5.63. The molecule has 0 saturated carbocycles. The van der Waals surface area contributed by atoms with Gasteiger partial charge in [-0.05, 0) is 55.9 Å². The Bertz CT molecular complexity index is 835. The molecule has 1 aromatic carbocycles. The summed E-state index contributed by atoms with van der Waals surface area (Å²) < 4.78 is 5.11. The summed E-state index contributed by atoms with van der Waals surface area (Å²) in [7, 11) is 1.55. The van der Waals surface area contributed by atoms with Gasteiger partial charge in [0.25, 0.3) is 5.91 Å². The Hall–Kier alpha value is -2.90. The molecule has 3 unspecified atom stereocenters. The van der Waals surface area contributed by atoms with E-state index in [9.17, 15) is 19.2 Å². The number of nitrogens with zero attached hydrogens (tertiary/aromatic N) is 1. The average molecular weight is 446 g/mol. The quantitative estimate of drug-likeness (QED) is 0.606. The second kappa shape index (κ2) is 11.1. The zero-order valence-corrected chi connectivity index (χ0v) is 19.8. The Morgan fingerprint density at radius 2 is 1.56 bits per heavy atom. The topological polar surface area (TPSA) is 105 Å². The molecular formula is C24H35N3O5. The molecule has 1 aliphatic rings. The monoisotopic (exact) mass is 445 g/mol. The molecule has 1 aliphatic heterocycles. The summed E-state index contributed by atoms with van der Waals surface area (Å²) in [6, 6.07) is 4.63. The highest BCUT2D eigenvalue weighted by atomic mass is 16.5. The van der Waals surface area contributed by atoms with E-state index in [0.717, 1.165) is 0 Å². The van der Waals surface area contributed by atoms with Gasteiger partial charge in [0.15, 0.2) is 5.78 Å². The first-order valence-electron chi connectivity index (χ1n) is 11.1. The molecular weight excluding hydrogens is 410 g/mol. The minimum atomic E-state index is -0.772. The Morgan fingerprint density at radius 1 is 0.969 bits per heavy atom. The minimum absolute atomic E-state index is 0.0470. The Labute approximate surface area is 190 Å². The van der Waals surface area contributed by atoms with Crippen LogP contribution in [-0.4, -0.2) is 60.2 Å². The van der Waals surface area contributed by atoms with Gasteiger partial charge >= 0.3 is 0 Å². The lowest BCUT2D eigenvalue weighted by molar-refractivity contribution is -0.141. The van der Waals surface area contributed by atoms with E-state index in [1.54, 1.807) is 31.4 Å². The van der Waals surface area contributed by atoms with Gasteiger partial charge in [-0.1, -0.05) is 27.7 Å². The number of carbonyl (C=O) groups is 4. The summed E-state index contributed by atoms with van der Waals surface area (Å²) >= 11 is 0. The summed E-state index contributed by atoms with van der Waals surface area (Å²) in [5.41, 5.74) is 0.418. The van der Waals surface area contributed by atoms with Crippen molar-refractivity contribution < 1.29 is 23.9 Å². The van der Waals surface area contributed by atoms with E-state index in [1.165, 1.54) is 11.8 Å². The van der Waals surface area contributed by atoms with Gasteiger partial charge in [-0.15, -0.1) is 0 Å². The fourth-order valence-electron chi connectivity index (χ4n) is 3.95. The third-order valence-corrected chi connectivity index (χ3v) is 5.81. The van der Waals surface area contributed by atoms with Crippen LogP contribution in [0.15, 0.2) is 24.3 Å². The number of benzene rings is 1. The maximum Gasteiger partial charge on any atom is 0.251 e. The maximum atomic E-state index is 13.4. The first-order chi connectivity index (χ1) is 15.1. The van der Waals surface area contributed by atoms with Crippen LogP contribution in [0.1, 0.15) is 57.8 Å². The van der Waals surface area contributed by atoms with Gasteiger partial charge in [-0.25, -0.2) is 0 Å². The molecule has 0 aromatic heterocycles. The number of nitrogens with one attached hydrogen (secondary N) is 2. The van der Waals surface area contributed by atoms with E-state index in [0.29, 0.717) is 30.7 Å². The van der Waals surface area contributed by atoms with E-state index in [2.05, 4.69) is 10.6 Å². The Balaban J connectivity index is 2.14. The van der Waals surface area contributed by atoms with Crippen molar-refractivity contribution in [2.24, 2.45) is 11.8 Å². The summed E-state index contributed by atoms with van der Waals surface area (Å²) in [5.74, 6) is -0.678. The van der Waals surface area contributed by atoms with Crippen molar-refractivity contribution in [3.05, 3.63) is 29.8 Å². The van der Waals surface area contributed by atoms with Crippen molar-refractivity contribution in [2.75, 3.05) is 13.7 Å². The molecule has 2 N–H and O–H groups in total. The van der Waals surface area contributed by atoms with Gasteiger partial charge in [0.05, 0.1) is 13.2 Å². The van der Waals surface area contributed by atoms with E-state index in [4.69, 9.17) is 4.74 Å². The fourth-order valence-corrected chi connectivity index (χ4v) is 3.95. The molecule has 2 rings (SSSR count). The molecule has 1 aromatic rings. The van der Waals surface area contributed by atoms with E-state index < -0.39 is 18.1 Å². The van der Waals surface area contributed by atoms with Crippen LogP contribution in [0.2, 0.25) is 0 Å². The molecule has 0 aliphatic carbocycles. The van der Waals surface area contributed by atoms with Crippen LogP contribution < -0.4 is 15.4 Å². The predicted octanol–water partition coefficient (Wildman–Crippen LogP) is 2.17. The van der Waals surface area contributed by atoms with Crippen molar-refractivity contribution in [2.45, 2.75) is 65.6 Å². The van der Waals surface area contributed by atoms with Gasteiger partial charge in [-0.2, -0.15) is 0 Å². The second-order valence-corrected chi connectivity index (χ2v) is 8.95. The molecule has 32 heavy (non-hydrogen) atoms. The summed E-state index contributed by atoms with van der Waals surface area (Å²) in [6.45, 7) is 9.33. The zero-order chi connectivity index (χ0) is 24.0. The largest absolute Gasteiger partial charge is 0.497 e. The van der Waals surface area contributed by atoms with Crippen molar-refractivity contribution in [3.63, 3.8) is 0 Å². The van der Waals surface area contributed by atoms with Crippen molar-refractivity contribution in [1.82, 2.24) is 15.5 Å². The molecule has 8 heteroatoms. The van der Waals surface area contributed by atoms with Crippen LogP contribution in [0.4, 0.5) is 0 Å². The number of ketones is 1. The third kappa shape index (κ3) is 6.08. The number of methoxy groups -OCH3 is 1. The summed E-state index contributed by atoms with van der Waals surface area (Å²) in [6.07, 6.45) is 1.21. The molecule has 0 radical (unpaired) electrons.